The van der Waals surface area contributed by atoms with Crippen LogP contribution < -0.4 is 15.4 Å². The Hall–Kier alpha value is -2.57. The minimum absolute atomic E-state index is 0.228. The Morgan fingerprint density at radius 2 is 1.76 bits per heavy atom. The standard InChI is InChI=1S/C18H19ClN2O4/c1-12-4-3-5-14(8-12)20-17(22)10-25-11-18(23)21-15-9-13(19)6-7-16(15)24-2/h3-9H,10-11H2,1-2H3,(H,20,22)(H,21,23). The highest BCUT2D eigenvalue weighted by molar-refractivity contribution is 6.31. The van der Waals surface area contributed by atoms with Crippen LogP contribution in [0, 0.1) is 6.92 Å². The predicted molar refractivity (Wildman–Crippen MR) is 97.3 cm³/mol. The van der Waals surface area contributed by atoms with Gasteiger partial charge in [-0.15, -0.1) is 0 Å². The van der Waals surface area contributed by atoms with E-state index in [1.54, 1.807) is 24.3 Å². The van der Waals surface area contributed by atoms with Crippen LogP contribution in [-0.2, 0) is 14.3 Å². The third-order valence-electron chi connectivity index (χ3n) is 3.20. The van der Waals surface area contributed by atoms with Crippen molar-refractivity contribution in [3.8, 4) is 5.75 Å². The first kappa shape index (κ1) is 18.8. The summed E-state index contributed by atoms with van der Waals surface area (Å²) >= 11 is 5.90. The first-order valence-electron chi connectivity index (χ1n) is 7.55. The molecule has 0 aliphatic heterocycles. The van der Waals surface area contributed by atoms with Gasteiger partial charge in [-0.3, -0.25) is 9.59 Å². The number of hydrogen-bond acceptors (Lipinski definition) is 4. The Bertz CT molecular complexity index is 764. The van der Waals surface area contributed by atoms with Crippen molar-refractivity contribution >= 4 is 34.8 Å². The maximum absolute atomic E-state index is 11.9. The predicted octanol–water partition coefficient (Wildman–Crippen LogP) is 3.25. The fourth-order valence-electron chi connectivity index (χ4n) is 2.12. The third-order valence-corrected chi connectivity index (χ3v) is 3.44. The van der Waals surface area contributed by atoms with Gasteiger partial charge in [0, 0.05) is 10.7 Å². The zero-order chi connectivity index (χ0) is 18.2. The molecule has 0 unspecified atom stereocenters. The lowest BCUT2D eigenvalue weighted by atomic mass is 10.2. The molecule has 7 heteroatoms. The first-order valence-corrected chi connectivity index (χ1v) is 7.93. The Morgan fingerprint density at radius 3 is 2.44 bits per heavy atom. The smallest absolute Gasteiger partial charge is 0.250 e. The van der Waals surface area contributed by atoms with Gasteiger partial charge in [0.2, 0.25) is 11.8 Å². The third kappa shape index (κ3) is 6.10. The average molecular weight is 363 g/mol. The van der Waals surface area contributed by atoms with E-state index >= 15 is 0 Å². The lowest BCUT2D eigenvalue weighted by Gasteiger charge is -2.11. The van der Waals surface area contributed by atoms with Crippen molar-refractivity contribution < 1.29 is 19.1 Å². The van der Waals surface area contributed by atoms with E-state index in [0.29, 0.717) is 22.1 Å². The fraction of sp³-hybridized carbons (Fsp3) is 0.222. The van der Waals surface area contributed by atoms with E-state index in [-0.39, 0.29) is 19.1 Å². The second kappa shape index (κ2) is 9.05. The van der Waals surface area contributed by atoms with Gasteiger partial charge in [-0.2, -0.15) is 0 Å². The number of halogens is 1. The van der Waals surface area contributed by atoms with Gasteiger partial charge >= 0.3 is 0 Å². The summed E-state index contributed by atoms with van der Waals surface area (Å²) in [5, 5.41) is 5.79. The van der Waals surface area contributed by atoms with Crippen molar-refractivity contribution in [2.45, 2.75) is 6.92 Å². The lowest BCUT2D eigenvalue weighted by molar-refractivity contribution is -0.125. The summed E-state index contributed by atoms with van der Waals surface area (Å²) in [6.07, 6.45) is 0. The zero-order valence-electron chi connectivity index (χ0n) is 14.0. The number of aryl methyl sites for hydroxylation is 1. The summed E-state index contributed by atoms with van der Waals surface area (Å²) in [6, 6.07) is 12.3. The number of amides is 2. The molecule has 0 heterocycles. The van der Waals surface area contributed by atoms with Crippen molar-refractivity contribution in [3.05, 3.63) is 53.1 Å². The van der Waals surface area contributed by atoms with E-state index in [1.165, 1.54) is 7.11 Å². The topological polar surface area (TPSA) is 76.7 Å². The minimum Gasteiger partial charge on any atom is -0.495 e. The molecule has 0 radical (unpaired) electrons. The van der Waals surface area contributed by atoms with Gasteiger partial charge in [0.15, 0.2) is 0 Å². The normalized spacial score (nSPS) is 10.2. The quantitative estimate of drug-likeness (QED) is 0.792. The molecule has 132 valence electrons. The summed E-state index contributed by atoms with van der Waals surface area (Å²) in [4.78, 5) is 23.7. The number of hydrogen-bond donors (Lipinski definition) is 2. The van der Waals surface area contributed by atoms with Gasteiger partial charge < -0.3 is 20.1 Å². The Balaban J connectivity index is 1.78. The summed E-state index contributed by atoms with van der Waals surface area (Å²) in [5.74, 6) is -0.266. The maximum Gasteiger partial charge on any atom is 0.250 e. The number of benzene rings is 2. The van der Waals surface area contributed by atoms with Crippen molar-refractivity contribution in [3.63, 3.8) is 0 Å². The molecule has 0 aliphatic rings. The van der Waals surface area contributed by atoms with Crippen LogP contribution in [0.1, 0.15) is 5.56 Å². The second-order valence-electron chi connectivity index (χ2n) is 5.30. The van der Waals surface area contributed by atoms with Crippen molar-refractivity contribution in [1.29, 1.82) is 0 Å². The molecule has 2 aromatic carbocycles. The number of ether oxygens (including phenoxy) is 2. The van der Waals surface area contributed by atoms with Crippen LogP contribution in [0.4, 0.5) is 11.4 Å². The van der Waals surface area contributed by atoms with E-state index in [4.69, 9.17) is 21.1 Å². The van der Waals surface area contributed by atoms with Crippen LogP contribution >= 0.6 is 11.6 Å². The van der Waals surface area contributed by atoms with E-state index in [9.17, 15) is 9.59 Å². The molecule has 0 saturated heterocycles. The minimum atomic E-state index is -0.413. The van der Waals surface area contributed by atoms with Crippen LogP contribution in [0.5, 0.6) is 5.75 Å². The molecular weight excluding hydrogens is 344 g/mol. The number of carbonyl (C=O) groups excluding carboxylic acids is 2. The molecule has 0 saturated carbocycles. The molecule has 0 atom stereocenters. The Kier molecular flexibility index (Phi) is 6.80. The van der Waals surface area contributed by atoms with Gasteiger partial charge in [0.25, 0.3) is 0 Å². The molecule has 0 spiro atoms. The molecule has 6 nitrogen and oxygen atoms in total. The zero-order valence-corrected chi connectivity index (χ0v) is 14.7. The fourth-order valence-corrected chi connectivity index (χ4v) is 2.29. The van der Waals surface area contributed by atoms with Gasteiger partial charge in [-0.05, 0) is 42.8 Å². The molecule has 2 aromatic rings. The van der Waals surface area contributed by atoms with Crippen LogP contribution in [0.3, 0.4) is 0 Å². The van der Waals surface area contributed by atoms with Crippen molar-refractivity contribution in [2.24, 2.45) is 0 Å². The summed E-state index contributed by atoms with van der Waals surface area (Å²) < 4.78 is 10.3. The van der Waals surface area contributed by atoms with Crippen LogP contribution in [0.2, 0.25) is 5.02 Å². The lowest BCUT2D eigenvalue weighted by Crippen LogP contribution is -2.24. The number of anilines is 2. The maximum atomic E-state index is 11.9. The van der Waals surface area contributed by atoms with E-state index in [1.807, 2.05) is 25.1 Å². The SMILES string of the molecule is COc1ccc(Cl)cc1NC(=O)COCC(=O)Nc1cccc(C)c1. The van der Waals surface area contributed by atoms with Crippen molar-refractivity contribution in [2.75, 3.05) is 31.0 Å². The van der Waals surface area contributed by atoms with Gasteiger partial charge in [0.05, 0.1) is 12.8 Å². The number of carbonyl (C=O) groups is 2. The Morgan fingerprint density at radius 1 is 1.04 bits per heavy atom. The molecule has 2 N–H and O–H groups in total. The molecule has 2 amide bonds. The highest BCUT2D eigenvalue weighted by Gasteiger charge is 2.10. The highest BCUT2D eigenvalue weighted by atomic mass is 35.5. The highest BCUT2D eigenvalue weighted by Crippen LogP contribution is 2.27. The summed E-state index contributed by atoms with van der Waals surface area (Å²) in [6.45, 7) is 1.44. The molecule has 2 rings (SSSR count). The molecule has 0 aliphatic carbocycles. The number of nitrogens with one attached hydrogen (secondary N) is 2. The molecular formula is C18H19ClN2O4. The average Bonchev–Trinajstić information content (AvgIpc) is 2.55. The molecule has 0 fully saturated rings. The number of methoxy groups -OCH3 is 1. The first-order chi connectivity index (χ1) is 12.0. The van der Waals surface area contributed by atoms with Crippen LogP contribution in [-0.4, -0.2) is 32.1 Å². The van der Waals surface area contributed by atoms with E-state index < -0.39 is 5.91 Å². The van der Waals surface area contributed by atoms with Crippen LogP contribution in [0.25, 0.3) is 0 Å². The van der Waals surface area contributed by atoms with Gasteiger partial charge in [0.1, 0.15) is 19.0 Å². The van der Waals surface area contributed by atoms with Gasteiger partial charge in [-0.25, -0.2) is 0 Å². The van der Waals surface area contributed by atoms with E-state index in [0.717, 1.165) is 5.56 Å². The van der Waals surface area contributed by atoms with Gasteiger partial charge in [-0.1, -0.05) is 23.7 Å². The largest absolute Gasteiger partial charge is 0.495 e. The summed E-state index contributed by atoms with van der Waals surface area (Å²) in [5.41, 5.74) is 2.16. The summed E-state index contributed by atoms with van der Waals surface area (Å²) in [7, 11) is 1.49. The van der Waals surface area contributed by atoms with Crippen molar-refractivity contribution in [1.82, 2.24) is 0 Å². The van der Waals surface area contributed by atoms with Crippen LogP contribution in [0.15, 0.2) is 42.5 Å². The number of rotatable bonds is 7. The molecule has 25 heavy (non-hydrogen) atoms. The molecule has 0 bridgehead atoms. The monoisotopic (exact) mass is 362 g/mol. The molecule has 0 aromatic heterocycles. The van der Waals surface area contributed by atoms with E-state index in [2.05, 4.69) is 10.6 Å². The second-order valence-corrected chi connectivity index (χ2v) is 5.74. The Labute approximate surface area is 151 Å².